The Morgan fingerprint density at radius 1 is 0.370 bits per heavy atom. The van der Waals surface area contributed by atoms with Crippen molar-refractivity contribution < 1.29 is 0 Å². The first kappa shape index (κ1) is 30.7. The van der Waals surface area contributed by atoms with Crippen LogP contribution in [0.1, 0.15) is 0 Å². The van der Waals surface area contributed by atoms with Crippen LogP contribution in [0.4, 0.5) is 0 Å². The van der Waals surface area contributed by atoms with E-state index in [2.05, 4.69) is 150 Å². The van der Waals surface area contributed by atoms with Crippen molar-refractivity contribution in [2.45, 2.75) is 0 Å². The fourth-order valence-electron chi connectivity index (χ4n) is 7.96. The molecule has 0 amide bonds. The van der Waals surface area contributed by atoms with Crippen LogP contribution in [0.15, 0.2) is 182 Å². The first-order chi connectivity index (χ1) is 26.8. The van der Waals surface area contributed by atoms with E-state index in [-0.39, 0.29) is 0 Å². The highest BCUT2D eigenvalue weighted by molar-refractivity contribution is 7.27. The van der Waals surface area contributed by atoms with Crippen molar-refractivity contribution in [2.75, 3.05) is 0 Å². The summed E-state index contributed by atoms with van der Waals surface area (Å²) in [5.74, 6) is 1.86. The molecule has 0 saturated heterocycles. The zero-order chi connectivity index (χ0) is 35.6. The molecule has 252 valence electrons. The molecule has 4 nitrogen and oxygen atoms in total. The summed E-state index contributed by atoms with van der Waals surface area (Å²) in [5.41, 5.74) is 8.80. The molecule has 0 bridgehead atoms. The highest BCUT2D eigenvalue weighted by Gasteiger charge is 2.24. The summed E-state index contributed by atoms with van der Waals surface area (Å²) < 4.78 is 4.75. The summed E-state index contributed by atoms with van der Waals surface area (Å²) in [6, 6.07) is 64.3. The van der Waals surface area contributed by atoms with E-state index in [4.69, 9.17) is 15.0 Å². The smallest absolute Gasteiger partial charge is 0.238 e. The lowest BCUT2D eigenvalue weighted by Crippen LogP contribution is -2.06. The molecule has 8 aromatic carbocycles. The minimum atomic E-state index is 0.592. The number of rotatable bonds is 5. The summed E-state index contributed by atoms with van der Waals surface area (Å²) in [6.45, 7) is 0. The first-order valence-electron chi connectivity index (χ1n) is 18.1. The number of benzene rings is 8. The summed E-state index contributed by atoms with van der Waals surface area (Å²) in [5, 5.41) is 7.31. The largest absolute Gasteiger partial charge is 0.276 e. The molecule has 0 spiro atoms. The normalized spacial score (nSPS) is 11.7. The van der Waals surface area contributed by atoms with Gasteiger partial charge in [0, 0.05) is 37.4 Å². The molecule has 11 aromatic rings. The summed E-state index contributed by atoms with van der Waals surface area (Å²) >= 11 is 1.84. The van der Waals surface area contributed by atoms with Crippen LogP contribution in [0, 0.1) is 0 Å². The van der Waals surface area contributed by atoms with Crippen LogP contribution in [-0.2, 0) is 0 Å². The molecule has 0 atom stereocenters. The van der Waals surface area contributed by atoms with Crippen molar-refractivity contribution in [3.05, 3.63) is 182 Å². The maximum atomic E-state index is 5.29. The lowest BCUT2D eigenvalue weighted by molar-refractivity contribution is 0.955. The molecule has 5 heteroatoms. The molecule has 0 aliphatic carbocycles. The molecule has 0 saturated carbocycles. The van der Waals surface area contributed by atoms with Crippen molar-refractivity contribution >= 4 is 64.1 Å². The van der Waals surface area contributed by atoms with Gasteiger partial charge >= 0.3 is 0 Å². The minimum absolute atomic E-state index is 0.592. The molecule has 0 aliphatic rings. The van der Waals surface area contributed by atoms with Gasteiger partial charge in [-0.25, -0.2) is 4.98 Å². The number of nitrogens with zero attached hydrogens (tertiary/aromatic N) is 4. The Morgan fingerprint density at radius 2 is 0.852 bits per heavy atom. The van der Waals surface area contributed by atoms with Crippen molar-refractivity contribution in [3.8, 4) is 51.0 Å². The van der Waals surface area contributed by atoms with E-state index < -0.39 is 0 Å². The van der Waals surface area contributed by atoms with Gasteiger partial charge in [-0.2, -0.15) is 9.97 Å². The summed E-state index contributed by atoms with van der Waals surface area (Å²) in [4.78, 5) is 15.6. The van der Waals surface area contributed by atoms with E-state index >= 15 is 0 Å². The molecule has 0 N–H and O–H groups in total. The van der Waals surface area contributed by atoms with Crippen LogP contribution in [0.2, 0.25) is 0 Å². The molecule has 3 heterocycles. The third-order valence-corrected chi connectivity index (χ3v) is 11.6. The van der Waals surface area contributed by atoms with Crippen LogP contribution in [-0.4, -0.2) is 19.5 Å². The zero-order valence-electron chi connectivity index (χ0n) is 29.0. The first-order valence-corrected chi connectivity index (χ1v) is 18.9. The van der Waals surface area contributed by atoms with Gasteiger partial charge in [-0.15, -0.1) is 11.3 Å². The van der Waals surface area contributed by atoms with Crippen LogP contribution in [0.5, 0.6) is 0 Å². The van der Waals surface area contributed by atoms with Crippen LogP contribution in [0.3, 0.4) is 0 Å². The fourth-order valence-corrected chi connectivity index (χ4v) is 9.19. The average Bonchev–Trinajstić information content (AvgIpc) is 3.81. The molecule has 0 fully saturated rings. The Balaban J connectivity index is 1.32. The van der Waals surface area contributed by atoms with Gasteiger partial charge in [0.2, 0.25) is 5.95 Å². The van der Waals surface area contributed by atoms with Crippen molar-refractivity contribution in [2.24, 2.45) is 0 Å². The Bertz CT molecular complexity index is 3130. The van der Waals surface area contributed by atoms with E-state index in [1.54, 1.807) is 0 Å². The predicted molar refractivity (Wildman–Crippen MR) is 226 cm³/mol. The van der Waals surface area contributed by atoms with Gasteiger partial charge in [-0.3, -0.25) is 4.57 Å². The molecule has 54 heavy (non-hydrogen) atoms. The summed E-state index contributed by atoms with van der Waals surface area (Å²) in [6.07, 6.45) is 0. The second-order valence-corrected chi connectivity index (χ2v) is 14.7. The molecule has 11 rings (SSSR count). The Labute approximate surface area is 315 Å². The van der Waals surface area contributed by atoms with Crippen LogP contribution in [0.25, 0.3) is 104 Å². The molecular formula is C49H30N4S. The number of hydrogen-bond donors (Lipinski definition) is 0. The molecule has 3 aromatic heterocycles. The number of thiophene rings is 1. The molecule has 0 unspecified atom stereocenters. The molecular weight excluding hydrogens is 677 g/mol. The fraction of sp³-hybridized carbons (Fsp3) is 0. The second-order valence-electron chi connectivity index (χ2n) is 13.6. The Morgan fingerprint density at radius 3 is 1.43 bits per heavy atom. The number of aromatic nitrogens is 4. The van der Waals surface area contributed by atoms with Crippen LogP contribution >= 0.6 is 11.3 Å². The molecule has 0 radical (unpaired) electrons. The lowest BCUT2D eigenvalue weighted by atomic mass is 9.96. The van der Waals surface area contributed by atoms with E-state index in [0.717, 1.165) is 27.5 Å². The van der Waals surface area contributed by atoms with Crippen LogP contribution < -0.4 is 0 Å². The predicted octanol–water partition coefficient (Wildman–Crippen LogP) is 13.2. The van der Waals surface area contributed by atoms with E-state index in [0.29, 0.717) is 17.6 Å². The third-order valence-electron chi connectivity index (χ3n) is 10.4. The minimum Gasteiger partial charge on any atom is -0.276 e. The van der Waals surface area contributed by atoms with Crippen molar-refractivity contribution in [3.63, 3.8) is 0 Å². The third kappa shape index (κ3) is 4.86. The standard InChI is InChI=1S/C49H30N4S/c1-5-15-31(16-6-1)35-25-27-41-39(29-35)43-37-23-13-14-24-38(37)44-40-30-36(32-17-7-2-8-18-32)26-28-42(40)54-46(44)45(43)53(41)49-51-47(33-19-9-3-10-20-33)50-48(52-49)34-21-11-4-12-22-34/h1-30H. The maximum Gasteiger partial charge on any atom is 0.238 e. The monoisotopic (exact) mass is 706 g/mol. The van der Waals surface area contributed by atoms with Gasteiger partial charge in [0.1, 0.15) is 0 Å². The second kappa shape index (κ2) is 12.3. The van der Waals surface area contributed by atoms with Gasteiger partial charge in [0.05, 0.1) is 15.7 Å². The van der Waals surface area contributed by atoms with Gasteiger partial charge in [-0.1, -0.05) is 158 Å². The van der Waals surface area contributed by atoms with Gasteiger partial charge in [0.15, 0.2) is 11.6 Å². The quantitative estimate of drug-likeness (QED) is 0.179. The van der Waals surface area contributed by atoms with Gasteiger partial charge in [0.25, 0.3) is 0 Å². The van der Waals surface area contributed by atoms with E-state index in [1.165, 1.54) is 58.6 Å². The van der Waals surface area contributed by atoms with Gasteiger partial charge < -0.3 is 0 Å². The van der Waals surface area contributed by atoms with E-state index in [1.807, 2.05) is 47.7 Å². The average molecular weight is 707 g/mol. The lowest BCUT2D eigenvalue weighted by Gasteiger charge is -2.12. The number of hydrogen-bond acceptors (Lipinski definition) is 4. The number of fused-ring (bicyclic) bond motifs is 10. The molecule has 0 aliphatic heterocycles. The maximum absolute atomic E-state index is 5.29. The topological polar surface area (TPSA) is 43.6 Å². The SMILES string of the molecule is c1ccc(-c2ccc3sc4c(c3c2)c2ccccc2c2c3cc(-c5ccccc5)ccc3n(-c3nc(-c5ccccc5)nc(-c5ccccc5)n3)c42)cc1. The van der Waals surface area contributed by atoms with E-state index in [9.17, 15) is 0 Å². The Kier molecular flexibility index (Phi) is 7.00. The zero-order valence-corrected chi connectivity index (χ0v) is 29.8. The van der Waals surface area contributed by atoms with Gasteiger partial charge in [-0.05, 0) is 57.3 Å². The summed E-state index contributed by atoms with van der Waals surface area (Å²) in [7, 11) is 0. The van der Waals surface area contributed by atoms with Crippen molar-refractivity contribution in [1.82, 2.24) is 19.5 Å². The highest BCUT2D eigenvalue weighted by Crippen LogP contribution is 2.49. The van der Waals surface area contributed by atoms with Crippen molar-refractivity contribution in [1.29, 1.82) is 0 Å². The highest BCUT2D eigenvalue weighted by atomic mass is 32.1. The Hall–Kier alpha value is -6.95.